The number of hydrogen-bond donors (Lipinski definition) is 0. The molecule has 0 saturated heterocycles. The number of halogens is 2. The molecule has 1 amide bonds. The molecule has 0 unspecified atom stereocenters. The van der Waals surface area contributed by atoms with E-state index in [1.807, 2.05) is 26.2 Å². The predicted molar refractivity (Wildman–Crippen MR) is 124 cm³/mol. The molecule has 158 valence electrons. The van der Waals surface area contributed by atoms with Crippen molar-refractivity contribution in [2.45, 2.75) is 6.42 Å². The van der Waals surface area contributed by atoms with Crippen LogP contribution >= 0.6 is 46.7 Å². The average molecular weight is 476 g/mol. The van der Waals surface area contributed by atoms with Crippen molar-refractivity contribution in [2.24, 2.45) is 0 Å². The molecule has 10 heteroatoms. The third kappa shape index (κ3) is 5.32. The molecule has 0 bridgehead atoms. The maximum absolute atomic E-state index is 13.2. The maximum Gasteiger partial charge on any atom is 0.270 e. The molecule has 2 aromatic heterocycles. The summed E-state index contributed by atoms with van der Waals surface area (Å²) < 4.78 is 12.4. The zero-order chi connectivity index (χ0) is 20.3. The van der Waals surface area contributed by atoms with Crippen LogP contribution in [0.25, 0.3) is 10.2 Å². The van der Waals surface area contributed by atoms with E-state index < -0.39 is 0 Å². The Bertz CT molecular complexity index is 934. The van der Waals surface area contributed by atoms with Crippen LogP contribution in [0, 0.1) is 0 Å². The van der Waals surface area contributed by atoms with Crippen molar-refractivity contribution in [3.63, 3.8) is 0 Å². The molecule has 0 atom stereocenters. The molecule has 3 aromatic rings. The lowest BCUT2D eigenvalue weighted by Crippen LogP contribution is -2.32. The van der Waals surface area contributed by atoms with Gasteiger partial charge in [0, 0.05) is 6.54 Å². The van der Waals surface area contributed by atoms with Gasteiger partial charge in [-0.15, -0.1) is 23.7 Å². The summed E-state index contributed by atoms with van der Waals surface area (Å²) in [6.07, 6.45) is 0.821. The molecule has 1 aromatic carbocycles. The van der Waals surface area contributed by atoms with Crippen molar-refractivity contribution in [3.05, 3.63) is 33.5 Å². The Morgan fingerprint density at radius 2 is 1.76 bits per heavy atom. The first-order chi connectivity index (χ1) is 13.4. The van der Waals surface area contributed by atoms with Crippen LogP contribution in [0.15, 0.2) is 24.3 Å². The van der Waals surface area contributed by atoms with E-state index >= 15 is 0 Å². The maximum atomic E-state index is 13.2. The van der Waals surface area contributed by atoms with Crippen LogP contribution < -0.4 is 14.4 Å². The smallest absolute Gasteiger partial charge is 0.270 e. The molecular weight excluding hydrogens is 453 g/mol. The van der Waals surface area contributed by atoms with Crippen LogP contribution in [-0.2, 0) is 0 Å². The number of fused-ring (bicyclic) bond motifs is 1. The Hall–Kier alpha value is -1.58. The minimum absolute atomic E-state index is 0. The summed E-state index contributed by atoms with van der Waals surface area (Å²) in [5, 5.41) is 0.617. The Balaban J connectivity index is 0.00000300. The highest BCUT2D eigenvalue weighted by Crippen LogP contribution is 2.40. The van der Waals surface area contributed by atoms with E-state index in [9.17, 15) is 4.79 Å². The highest BCUT2D eigenvalue weighted by atomic mass is 35.5. The van der Waals surface area contributed by atoms with Crippen molar-refractivity contribution in [1.82, 2.24) is 9.88 Å². The topological polar surface area (TPSA) is 54.9 Å². The fourth-order valence-corrected chi connectivity index (χ4v) is 4.87. The third-order valence-corrected chi connectivity index (χ3v) is 6.46. The Morgan fingerprint density at radius 1 is 1.07 bits per heavy atom. The van der Waals surface area contributed by atoms with E-state index in [1.165, 1.54) is 22.7 Å². The Labute approximate surface area is 189 Å². The molecule has 0 radical (unpaired) electrons. The number of rotatable bonds is 8. The van der Waals surface area contributed by atoms with Gasteiger partial charge in [-0.25, -0.2) is 4.98 Å². The lowest BCUT2D eigenvalue weighted by molar-refractivity contribution is 0.0990. The number of amides is 1. The number of hydrogen-bond acceptors (Lipinski definition) is 7. The number of aromatic nitrogens is 1. The minimum atomic E-state index is -0.104. The van der Waals surface area contributed by atoms with Gasteiger partial charge in [-0.3, -0.25) is 9.69 Å². The van der Waals surface area contributed by atoms with Gasteiger partial charge in [0.2, 0.25) is 0 Å². The standard InChI is InChI=1S/C19H22ClN3O3S2.ClH/c1-22(2)10-5-11-23(18(24)14-8-9-15(20)27-14)19-21-16-12(25-3)6-7-13(26-4)17(16)28-19;/h6-9H,5,10-11H2,1-4H3;1H. The van der Waals surface area contributed by atoms with Crippen LogP contribution in [0.2, 0.25) is 4.34 Å². The van der Waals surface area contributed by atoms with Gasteiger partial charge >= 0.3 is 0 Å². The van der Waals surface area contributed by atoms with E-state index in [0.29, 0.717) is 37.9 Å². The lowest BCUT2D eigenvalue weighted by Gasteiger charge is -2.20. The largest absolute Gasteiger partial charge is 0.495 e. The third-order valence-electron chi connectivity index (χ3n) is 4.15. The number of thiophene rings is 1. The SMILES string of the molecule is COc1ccc(OC)c2sc(N(CCCN(C)C)C(=O)c3ccc(Cl)s3)nc12.Cl. The number of anilines is 1. The first kappa shape index (κ1) is 23.7. The van der Waals surface area contributed by atoms with Crippen molar-refractivity contribution in [3.8, 4) is 11.5 Å². The summed E-state index contributed by atoms with van der Waals surface area (Å²) in [5.41, 5.74) is 0.691. The van der Waals surface area contributed by atoms with E-state index in [4.69, 9.17) is 26.1 Å². The average Bonchev–Trinajstić information content (AvgIpc) is 3.30. The van der Waals surface area contributed by atoms with Gasteiger partial charge in [-0.1, -0.05) is 22.9 Å². The molecule has 0 aliphatic carbocycles. The van der Waals surface area contributed by atoms with Crippen molar-refractivity contribution < 1.29 is 14.3 Å². The first-order valence-electron chi connectivity index (χ1n) is 8.68. The van der Waals surface area contributed by atoms with Crippen LogP contribution in [-0.4, -0.2) is 57.2 Å². The summed E-state index contributed by atoms with van der Waals surface area (Å²) in [6.45, 7) is 1.42. The molecule has 0 aliphatic rings. The highest BCUT2D eigenvalue weighted by molar-refractivity contribution is 7.23. The van der Waals surface area contributed by atoms with Crippen LogP contribution in [0.4, 0.5) is 5.13 Å². The van der Waals surface area contributed by atoms with Crippen molar-refractivity contribution in [2.75, 3.05) is 46.3 Å². The van der Waals surface area contributed by atoms with Crippen molar-refractivity contribution in [1.29, 1.82) is 0 Å². The summed E-state index contributed by atoms with van der Waals surface area (Å²) in [7, 11) is 7.25. The normalized spacial score (nSPS) is 10.8. The van der Waals surface area contributed by atoms with Gasteiger partial charge < -0.3 is 14.4 Å². The van der Waals surface area contributed by atoms with Crippen molar-refractivity contribution >= 4 is 67.9 Å². The lowest BCUT2D eigenvalue weighted by atomic mass is 10.3. The summed E-state index contributed by atoms with van der Waals surface area (Å²) in [5.74, 6) is 1.25. The van der Waals surface area contributed by atoms with Crippen LogP contribution in [0.5, 0.6) is 11.5 Å². The van der Waals surface area contributed by atoms with Crippen LogP contribution in [0.1, 0.15) is 16.1 Å². The van der Waals surface area contributed by atoms with Gasteiger partial charge in [0.05, 0.1) is 23.4 Å². The quantitative estimate of drug-likeness (QED) is 0.456. The number of carbonyl (C=O) groups excluding carboxylic acids is 1. The van der Waals surface area contributed by atoms with Crippen LogP contribution in [0.3, 0.4) is 0 Å². The van der Waals surface area contributed by atoms with Gasteiger partial charge in [0.1, 0.15) is 21.7 Å². The molecule has 3 rings (SSSR count). The second-order valence-electron chi connectivity index (χ2n) is 6.36. The predicted octanol–water partition coefficient (Wildman–Crippen LogP) is 5.05. The molecule has 29 heavy (non-hydrogen) atoms. The zero-order valence-electron chi connectivity index (χ0n) is 16.6. The number of carbonyl (C=O) groups is 1. The van der Waals surface area contributed by atoms with Gasteiger partial charge in [0.15, 0.2) is 5.13 Å². The zero-order valence-corrected chi connectivity index (χ0v) is 19.8. The molecule has 0 N–H and O–H groups in total. The molecule has 0 fully saturated rings. The highest BCUT2D eigenvalue weighted by Gasteiger charge is 2.24. The monoisotopic (exact) mass is 475 g/mol. The number of nitrogens with zero attached hydrogens (tertiary/aromatic N) is 3. The molecule has 0 aliphatic heterocycles. The second kappa shape index (κ2) is 10.4. The number of thiazole rings is 1. The summed E-state index contributed by atoms with van der Waals surface area (Å²) in [4.78, 5) is 22.3. The van der Waals surface area contributed by atoms with Gasteiger partial charge in [0.25, 0.3) is 5.91 Å². The summed E-state index contributed by atoms with van der Waals surface area (Å²) >= 11 is 8.73. The summed E-state index contributed by atoms with van der Waals surface area (Å²) in [6, 6.07) is 7.16. The van der Waals surface area contributed by atoms with E-state index in [-0.39, 0.29) is 18.3 Å². The molecule has 2 heterocycles. The second-order valence-corrected chi connectivity index (χ2v) is 9.05. The molecule has 0 spiro atoms. The Kier molecular flexibility index (Phi) is 8.54. The van der Waals surface area contributed by atoms with Gasteiger partial charge in [-0.2, -0.15) is 0 Å². The van der Waals surface area contributed by atoms with Gasteiger partial charge in [-0.05, 0) is 51.3 Å². The molecule has 0 saturated carbocycles. The van der Waals surface area contributed by atoms with E-state index in [2.05, 4.69) is 4.90 Å². The number of methoxy groups -OCH3 is 2. The van der Waals surface area contributed by atoms with E-state index in [0.717, 1.165) is 17.7 Å². The first-order valence-corrected chi connectivity index (χ1v) is 10.7. The molecule has 6 nitrogen and oxygen atoms in total. The van der Waals surface area contributed by atoms with E-state index in [1.54, 1.807) is 31.3 Å². The molecular formula is C19H23Cl2N3O3S2. The number of ether oxygens (including phenoxy) is 2. The fraction of sp³-hybridized carbons (Fsp3) is 0.368. The minimum Gasteiger partial charge on any atom is -0.495 e. The fourth-order valence-electron chi connectivity index (χ4n) is 2.78. The Morgan fingerprint density at radius 3 is 2.34 bits per heavy atom. The number of benzene rings is 1.